The third-order valence-electron chi connectivity index (χ3n) is 3.79. The van der Waals surface area contributed by atoms with Gasteiger partial charge in [-0.1, -0.05) is 35.6 Å². The highest BCUT2D eigenvalue weighted by Gasteiger charge is 2.18. The van der Waals surface area contributed by atoms with Crippen molar-refractivity contribution in [2.45, 2.75) is 4.34 Å². The lowest BCUT2D eigenvalue weighted by Gasteiger charge is -2.07. The van der Waals surface area contributed by atoms with Crippen LogP contribution in [-0.2, 0) is 14.6 Å². The lowest BCUT2D eigenvalue weighted by molar-refractivity contribution is -0.112. The van der Waals surface area contributed by atoms with E-state index in [1.165, 1.54) is 12.1 Å². The summed E-state index contributed by atoms with van der Waals surface area (Å²) < 4.78 is 28.5. The van der Waals surface area contributed by atoms with Crippen molar-refractivity contribution in [1.82, 2.24) is 10.2 Å². The molecule has 1 aromatic heterocycles. The van der Waals surface area contributed by atoms with E-state index in [1.54, 1.807) is 48.5 Å². The van der Waals surface area contributed by atoms with Crippen molar-refractivity contribution >= 4 is 60.2 Å². The van der Waals surface area contributed by atoms with Gasteiger partial charge in [0, 0.05) is 6.26 Å². The van der Waals surface area contributed by atoms with Crippen LogP contribution in [0.25, 0.3) is 6.08 Å². The molecule has 0 spiro atoms. The summed E-state index contributed by atoms with van der Waals surface area (Å²) in [6.45, 7) is 0. The average Bonchev–Trinajstić information content (AvgIpc) is 3.23. The SMILES string of the molecule is CS(=O)(=O)c1nnc(NC(=O)C(C#N)=Cc2ccc(OC(=O)c3ccccc3)c(Br)c2)s1. The fraction of sp³-hybridized carbons (Fsp3) is 0.0500. The zero-order chi connectivity index (χ0) is 23.3. The Morgan fingerprint density at radius 3 is 2.50 bits per heavy atom. The van der Waals surface area contributed by atoms with Crippen LogP contribution >= 0.6 is 27.3 Å². The van der Waals surface area contributed by atoms with Gasteiger partial charge < -0.3 is 4.74 Å². The quantitative estimate of drug-likeness (QED) is 0.167. The molecular formula is C20H13BrN4O5S2. The number of ether oxygens (including phenoxy) is 1. The fourth-order valence-electron chi connectivity index (χ4n) is 2.31. The van der Waals surface area contributed by atoms with Crippen LogP contribution in [-0.4, -0.2) is 36.7 Å². The molecule has 162 valence electrons. The van der Waals surface area contributed by atoms with Crippen molar-refractivity contribution in [2.75, 3.05) is 11.6 Å². The van der Waals surface area contributed by atoms with Crippen LogP contribution in [0.5, 0.6) is 5.75 Å². The van der Waals surface area contributed by atoms with E-state index in [0.717, 1.165) is 6.26 Å². The summed E-state index contributed by atoms with van der Waals surface area (Å²) in [7, 11) is -3.55. The number of amides is 1. The highest BCUT2D eigenvalue weighted by molar-refractivity contribution is 9.10. The monoisotopic (exact) mass is 532 g/mol. The first kappa shape index (κ1) is 23.3. The Morgan fingerprint density at radius 2 is 1.91 bits per heavy atom. The van der Waals surface area contributed by atoms with Crippen LogP contribution in [0.3, 0.4) is 0 Å². The maximum Gasteiger partial charge on any atom is 0.343 e. The number of halogens is 1. The minimum absolute atomic E-state index is 0.0547. The van der Waals surface area contributed by atoms with Crippen molar-refractivity contribution in [3.05, 3.63) is 69.7 Å². The standard InChI is InChI=1S/C20H13BrN4O5S2/c1-32(28,29)20-25-24-19(31-20)23-17(26)14(11-22)9-12-7-8-16(15(21)10-12)30-18(27)13-5-3-2-4-6-13/h2-10H,1H3,(H,23,24,26). The number of carbonyl (C=O) groups is 2. The van der Waals surface area contributed by atoms with Gasteiger partial charge in [-0.25, -0.2) is 13.2 Å². The van der Waals surface area contributed by atoms with Crippen molar-refractivity contribution in [3.8, 4) is 11.8 Å². The molecular weight excluding hydrogens is 520 g/mol. The van der Waals surface area contributed by atoms with Crippen molar-refractivity contribution in [3.63, 3.8) is 0 Å². The molecule has 1 amide bonds. The Morgan fingerprint density at radius 1 is 1.19 bits per heavy atom. The molecule has 3 rings (SSSR count). The molecule has 32 heavy (non-hydrogen) atoms. The largest absolute Gasteiger partial charge is 0.422 e. The van der Waals surface area contributed by atoms with Crippen LogP contribution in [0.1, 0.15) is 15.9 Å². The third kappa shape index (κ3) is 5.85. The molecule has 0 unspecified atom stereocenters. The predicted molar refractivity (Wildman–Crippen MR) is 121 cm³/mol. The van der Waals surface area contributed by atoms with E-state index in [1.807, 2.05) is 0 Å². The number of benzene rings is 2. The van der Waals surface area contributed by atoms with Gasteiger partial charge in [0.15, 0.2) is 0 Å². The summed E-state index contributed by atoms with van der Waals surface area (Å²) in [5, 5.41) is 18.7. The molecule has 0 aliphatic carbocycles. The number of hydrogen-bond donors (Lipinski definition) is 1. The number of nitriles is 1. The predicted octanol–water partition coefficient (Wildman–Crippen LogP) is 3.47. The highest BCUT2D eigenvalue weighted by Crippen LogP contribution is 2.28. The Kier molecular flexibility index (Phi) is 7.14. The normalized spacial score (nSPS) is 11.5. The fourth-order valence-corrected chi connectivity index (χ4v) is 4.29. The Balaban J connectivity index is 1.75. The van der Waals surface area contributed by atoms with Crippen LogP contribution < -0.4 is 10.1 Å². The molecule has 3 aromatic rings. The Bertz CT molecular complexity index is 1360. The molecule has 1 heterocycles. The van der Waals surface area contributed by atoms with Crippen LogP contribution in [0.2, 0.25) is 0 Å². The summed E-state index contributed by atoms with van der Waals surface area (Å²) in [5.41, 5.74) is 0.627. The number of aromatic nitrogens is 2. The van der Waals surface area contributed by atoms with Gasteiger partial charge in [-0.05, 0) is 51.8 Å². The van der Waals surface area contributed by atoms with Gasteiger partial charge in [-0.15, -0.1) is 10.2 Å². The lowest BCUT2D eigenvalue weighted by Crippen LogP contribution is -2.13. The molecule has 0 aliphatic rings. The van der Waals surface area contributed by atoms with Crippen molar-refractivity contribution in [2.24, 2.45) is 0 Å². The van der Waals surface area contributed by atoms with Crippen LogP contribution in [0.4, 0.5) is 5.13 Å². The maximum atomic E-state index is 12.4. The number of anilines is 1. The molecule has 1 N–H and O–H groups in total. The van der Waals surface area contributed by atoms with Gasteiger partial charge in [0.05, 0.1) is 10.0 Å². The molecule has 0 bridgehead atoms. The van der Waals surface area contributed by atoms with Gasteiger partial charge >= 0.3 is 5.97 Å². The number of sulfone groups is 1. The van der Waals surface area contributed by atoms with E-state index in [9.17, 15) is 23.3 Å². The van der Waals surface area contributed by atoms with Gasteiger partial charge in [-0.3, -0.25) is 10.1 Å². The molecule has 2 aromatic carbocycles. The lowest BCUT2D eigenvalue weighted by atomic mass is 10.1. The van der Waals surface area contributed by atoms with E-state index in [0.29, 0.717) is 26.9 Å². The van der Waals surface area contributed by atoms with E-state index in [2.05, 4.69) is 31.4 Å². The van der Waals surface area contributed by atoms with Gasteiger partial charge in [0.2, 0.25) is 19.3 Å². The first-order valence-corrected chi connectivity index (χ1v) is 12.2. The molecule has 0 fully saturated rings. The zero-order valence-corrected chi connectivity index (χ0v) is 19.5. The smallest absolute Gasteiger partial charge is 0.343 e. The average molecular weight is 533 g/mol. The van der Waals surface area contributed by atoms with Gasteiger partial charge in [0.1, 0.15) is 17.4 Å². The van der Waals surface area contributed by atoms with Crippen molar-refractivity contribution < 1.29 is 22.7 Å². The van der Waals surface area contributed by atoms with Gasteiger partial charge in [0.25, 0.3) is 5.91 Å². The number of carbonyl (C=O) groups excluding carboxylic acids is 2. The minimum atomic E-state index is -3.55. The number of esters is 1. The van der Waals surface area contributed by atoms with E-state index < -0.39 is 21.7 Å². The van der Waals surface area contributed by atoms with Crippen molar-refractivity contribution in [1.29, 1.82) is 5.26 Å². The van der Waals surface area contributed by atoms with Gasteiger partial charge in [-0.2, -0.15) is 5.26 Å². The van der Waals surface area contributed by atoms with E-state index >= 15 is 0 Å². The number of hydrogen-bond acceptors (Lipinski definition) is 9. The van der Waals surface area contributed by atoms with E-state index in [4.69, 9.17) is 4.74 Å². The summed E-state index contributed by atoms with van der Waals surface area (Å²) in [6, 6.07) is 14.9. The van der Waals surface area contributed by atoms with E-state index in [-0.39, 0.29) is 20.8 Å². The first-order valence-electron chi connectivity index (χ1n) is 8.71. The summed E-state index contributed by atoms with van der Waals surface area (Å²) in [5.74, 6) is -1.04. The topological polar surface area (TPSA) is 139 Å². The first-order chi connectivity index (χ1) is 15.2. The van der Waals surface area contributed by atoms with Crippen LogP contribution in [0, 0.1) is 11.3 Å². The third-order valence-corrected chi connectivity index (χ3v) is 6.92. The number of rotatable bonds is 6. The molecule has 0 aliphatic heterocycles. The number of nitrogens with one attached hydrogen (secondary N) is 1. The Labute approximate surface area is 195 Å². The molecule has 0 saturated carbocycles. The minimum Gasteiger partial charge on any atom is -0.422 e. The zero-order valence-electron chi connectivity index (χ0n) is 16.3. The summed E-state index contributed by atoms with van der Waals surface area (Å²) in [6.07, 6.45) is 2.29. The summed E-state index contributed by atoms with van der Waals surface area (Å²) in [4.78, 5) is 24.6. The number of nitrogens with zero attached hydrogens (tertiary/aromatic N) is 3. The highest BCUT2D eigenvalue weighted by atomic mass is 79.9. The van der Waals surface area contributed by atoms with Crippen LogP contribution in [0.15, 0.2) is 62.9 Å². The molecule has 9 nitrogen and oxygen atoms in total. The summed E-state index contributed by atoms with van der Waals surface area (Å²) >= 11 is 3.98. The second-order valence-electron chi connectivity index (χ2n) is 6.21. The Hall–Kier alpha value is -3.40. The second kappa shape index (κ2) is 9.82. The molecule has 12 heteroatoms. The second-order valence-corrected chi connectivity index (χ2v) is 10.2. The molecule has 0 radical (unpaired) electrons. The maximum absolute atomic E-state index is 12.4. The molecule has 0 atom stereocenters. The molecule has 0 saturated heterocycles.